The van der Waals surface area contributed by atoms with E-state index in [-0.39, 0.29) is 11.5 Å². The summed E-state index contributed by atoms with van der Waals surface area (Å²) in [5.41, 5.74) is 8.66. The number of aromatic nitrogens is 2. The highest BCUT2D eigenvalue weighted by Gasteiger charge is 2.05. The number of nitrogens with zero attached hydrogens (tertiary/aromatic N) is 2. The van der Waals surface area contributed by atoms with Crippen LogP contribution in [0.15, 0.2) is 47.3 Å². The predicted octanol–water partition coefficient (Wildman–Crippen LogP) is 3.53. The topological polar surface area (TPSA) is 60.9 Å². The lowest BCUT2D eigenvalue weighted by atomic mass is 10.0. The van der Waals surface area contributed by atoms with Crippen LogP contribution in [0.25, 0.3) is 10.4 Å². The van der Waals surface area contributed by atoms with Crippen molar-refractivity contribution >= 4 is 28.9 Å². The maximum absolute atomic E-state index is 11.7. The number of hydrogen-bond acceptors (Lipinski definition) is 4. The Morgan fingerprint density at radius 3 is 2.74 bits per heavy atom. The van der Waals surface area contributed by atoms with Crippen molar-refractivity contribution in [3.05, 3.63) is 68.4 Å². The molecule has 0 unspecified atom stereocenters. The fourth-order valence-electron chi connectivity index (χ4n) is 2.36. The van der Waals surface area contributed by atoms with Gasteiger partial charge < -0.3 is 5.73 Å². The van der Waals surface area contributed by atoms with Crippen LogP contribution in [0.1, 0.15) is 11.3 Å². The van der Waals surface area contributed by atoms with Gasteiger partial charge in [-0.1, -0.05) is 35.9 Å². The first-order valence-electron chi connectivity index (χ1n) is 7.20. The second-order valence-corrected chi connectivity index (χ2v) is 7.02. The molecule has 0 saturated heterocycles. The fraction of sp³-hybridized carbons (Fsp3) is 0.176. The van der Waals surface area contributed by atoms with Crippen LogP contribution >= 0.6 is 22.9 Å². The molecule has 0 fully saturated rings. The number of aryl methyl sites for hydroxylation is 2. The molecule has 23 heavy (non-hydrogen) atoms. The molecule has 0 amide bonds. The van der Waals surface area contributed by atoms with Crippen molar-refractivity contribution in [2.45, 2.75) is 12.8 Å². The standard InChI is InChI=1S/C17H16ClN3OS/c1-21-16(22)10-13(20-17(21)19)6-5-11-3-2-4-12(9-11)14-7-8-15(18)23-14/h2-4,7-10H,5-6H2,1H3,(H2,19,20). The van der Waals surface area contributed by atoms with Crippen LogP contribution in [0.2, 0.25) is 4.34 Å². The second kappa shape index (κ2) is 6.56. The van der Waals surface area contributed by atoms with Gasteiger partial charge in [0.25, 0.3) is 5.56 Å². The summed E-state index contributed by atoms with van der Waals surface area (Å²) in [4.78, 5) is 17.1. The third-order valence-corrected chi connectivity index (χ3v) is 4.96. The van der Waals surface area contributed by atoms with Gasteiger partial charge in [-0.05, 0) is 36.1 Å². The number of benzene rings is 1. The molecule has 2 aromatic heterocycles. The van der Waals surface area contributed by atoms with Crippen molar-refractivity contribution in [2.75, 3.05) is 5.73 Å². The van der Waals surface area contributed by atoms with Gasteiger partial charge in [-0.15, -0.1) is 11.3 Å². The SMILES string of the molecule is Cn1c(N)nc(CCc2cccc(-c3ccc(Cl)s3)c2)cc1=O. The minimum Gasteiger partial charge on any atom is -0.369 e. The van der Waals surface area contributed by atoms with E-state index in [2.05, 4.69) is 23.2 Å². The number of halogens is 1. The van der Waals surface area contributed by atoms with Crippen LogP contribution in [0.3, 0.4) is 0 Å². The average molecular weight is 346 g/mol. The molecule has 0 radical (unpaired) electrons. The third kappa shape index (κ3) is 3.63. The second-order valence-electron chi connectivity index (χ2n) is 5.31. The zero-order valence-electron chi connectivity index (χ0n) is 12.6. The van der Waals surface area contributed by atoms with Crippen molar-refractivity contribution in [3.63, 3.8) is 0 Å². The Labute approximate surface area is 143 Å². The van der Waals surface area contributed by atoms with E-state index in [9.17, 15) is 4.79 Å². The summed E-state index contributed by atoms with van der Waals surface area (Å²) in [6.45, 7) is 0. The Morgan fingerprint density at radius 1 is 1.22 bits per heavy atom. The van der Waals surface area contributed by atoms with Crippen molar-refractivity contribution < 1.29 is 0 Å². The molecule has 118 valence electrons. The molecule has 0 saturated carbocycles. The largest absolute Gasteiger partial charge is 0.369 e. The Hall–Kier alpha value is -2.11. The molecule has 0 aliphatic carbocycles. The smallest absolute Gasteiger partial charge is 0.254 e. The summed E-state index contributed by atoms with van der Waals surface area (Å²) in [6, 6.07) is 13.8. The summed E-state index contributed by atoms with van der Waals surface area (Å²) in [6.07, 6.45) is 1.47. The van der Waals surface area contributed by atoms with E-state index < -0.39 is 0 Å². The molecular weight excluding hydrogens is 330 g/mol. The Bertz CT molecular complexity index is 901. The van der Waals surface area contributed by atoms with Crippen LogP contribution in [-0.2, 0) is 19.9 Å². The molecule has 4 nitrogen and oxygen atoms in total. The highest BCUT2D eigenvalue weighted by molar-refractivity contribution is 7.19. The minimum atomic E-state index is -0.130. The van der Waals surface area contributed by atoms with E-state index in [0.29, 0.717) is 6.42 Å². The van der Waals surface area contributed by atoms with E-state index in [4.69, 9.17) is 17.3 Å². The molecule has 2 heterocycles. The lowest BCUT2D eigenvalue weighted by Crippen LogP contribution is -2.21. The average Bonchev–Trinajstić information content (AvgIpc) is 2.97. The fourth-order valence-corrected chi connectivity index (χ4v) is 3.40. The third-order valence-electron chi connectivity index (χ3n) is 3.68. The molecule has 0 aliphatic heterocycles. The van der Waals surface area contributed by atoms with E-state index in [1.54, 1.807) is 24.5 Å². The van der Waals surface area contributed by atoms with Crippen LogP contribution in [-0.4, -0.2) is 9.55 Å². The van der Waals surface area contributed by atoms with Gasteiger partial charge in [0, 0.05) is 18.0 Å². The first kappa shape index (κ1) is 15.8. The highest BCUT2D eigenvalue weighted by atomic mass is 35.5. The molecular formula is C17H16ClN3OS. The zero-order chi connectivity index (χ0) is 16.4. The summed E-state index contributed by atoms with van der Waals surface area (Å²) < 4.78 is 2.12. The maximum Gasteiger partial charge on any atom is 0.254 e. The zero-order valence-corrected chi connectivity index (χ0v) is 14.2. The highest BCUT2D eigenvalue weighted by Crippen LogP contribution is 2.31. The van der Waals surface area contributed by atoms with Gasteiger partial charge in [0.15, 0.2) is 0 Å². The Kier molecular flexibility index (Phi) is 4.50. The first-order valence-corrected chi connectivity index (χ1v) is 8.39. The van der Waals surface area contributed by atoms with Crippen molar-refractivity contribution in [1.29, 1.82) is 0 Å². The van der Waals surface area contributed by atoms with Gasteiger partial charge in [-0.25, -0.2) is 4.98 Å². The van der Waals surface area contributed by atoms with Gasteiger partial charge in [-0.3, -0.25) is 9.36 Å². The van der Waals surface area contributed by atoms with Crippen molar-refractivity contribution in [3.8, 4) is 10.4 Å². The monoisotopic (exact) mass is 345 g/mol. The maximum atomic E-state index is 11.7. The van der Waals surface area contributed by atoms with Gasteiger partial charge in [-0.2, -0.15) is 0 Å². The Balaban J connectivity index is 1.77. The van der Waals surface area contributed by atoms with Crippen molar-refractivity contribution in [2.24, 2.45) is 7.05 Å². The van der Waals surface area contributed by atoms with E-state index in [0.717, 1.165) is 26.9 Å². The predicted molar refractivity (Wildman–Crippen MR) is 96.1 cm³/mol. The van der Waals surface area contributed by atoms with Gasteiger partial charge in [0.1, 0.15) is 0 Å². The summed E-state index contributed by atoms with van der Waals surface area (Å²) in [7, 11) is 1.62. The van der Waals surface area contributed by atoms with Crippen LogP contribution < -0.4 is 11.3 Å². The van der Waals surface area contributed by atoms with Crippen molar-refractivity contribution in [1.82, 2.24) is 9.55 Å². The molecule has 6 heteroatoms. The number of thiophene rings is 1. The molecule has 0 atom stereocenters. The van der Waals surface area contributed by atoms with E-state index >= 15 is 0 Å². The molecule has 2 N–H and O–H groups in total. The lowest BCUT2D eigenvalue weighted by Gasteiger charge is -2.06. The van der Waals surface area contributed by atoms with Gasteiger partial charge >= 0.3 is 0 Å². The molecule has 3 aromatic rings. The van der Waals surface area contributed by atoms with Crippen LogP contribution in [0.5, 0.6) is 0 Å². The molecule has 0 aliphatic rings. The number of nitrogens with two attached hydrogens (primary N) is 1. The van der Waals surface area contributed by atoms with Gasteiger partial charge in [0.05, 0.1) is 10.0 Å². The normalized spacial score (nSPS) is 10.9. The minimum absolute atomic E-state index is 0.130. The van der Waals surface area contributed by atoms with Gasteiger partial charge in [0.2, 0.25) is 5.95 Å². The molecule has 0 spiro atoms. The quantitative estimate of drug-likeness (QED) is 0.786. The number of nitrogen functional groups attached to an aromatic ring is 1. The number of rotatable bonds is 4. The number of hydrogen-bond donors (Lipinski definition) is 1. The Morgan fingerprint density at radius 2 is 2.04 bits per heavy atom. The molecule has 0 bridgehead atoms. The van der Waals surface area contributed by atoms with Crippen LogP contribution in [0, 0.1) is 0 Å². The van der Waals surface area contributed by atoms with E-state index in [1.165, 1.54) is 10.1 Å². The molecule has 1 aromatic carbocycles. The summed E-state index contributed by atoms with van der Waals surface area (Å²) in [5, 5.41) is 0. The first-order chi connectivity index (χ1) is 11.0. The molecule has 3 rings (SSSR count). The number of anilines is 1. The van der Waals surface area contributed by atoms with E-state index in [1.807, 2.05) is 18.2 Å². The summed E-state index contributed by atoms with van der Waals surface area (Å²) >= 11 is 7.56. The summed E-state index contributed by atoms with van der Waals surface area (Å²) in [5.74, 6) is 0.245. The van der Waals surface area contributed by atoms with Crippen LogP contribution in [0.4, 0.5) is 5.95 Å². The lowest BCUT2D eigenvalue weighted by molar-refractivity contribution is 0.806.